The molecule has 0 aliphatic heterocycles. The van der Waals surface area contributed by atoms with Gasteiger partial charge >= 0.3 is 0 Å². The van der Waals surface area contributed by atoms with Gasteiger partial charge in [0, 0.05) is 11.4 Å². The highest BCUT2D eigenvalue weighted by Gasteiger charge is 2.35. The van der Waals surface area contributed by atoms with E-state index in [0.29, 0.717) is 5.92 Å². The van der Waals surface area contributed by atoms with Gasteiger partial charge in [0.1, 0.15) is 5.66 Å². The zero-order valence-corrected chi connectivity index (χ0v) is 16.9. The van der Waals surface area contributed by atoms with Gasteiger partial charge in [-0.05, 0) is 75.3 Å². The van der Waals surface area contributed by atoms with Crippen LogP contribution in [0.15, 0.2) is 78.9 Å². The van der Waals surface area contributed by atoms with E-state index in [1.54, 1.807) is 0 Å². The third kappa shape index (κ3) is 4.39. The normalized spacial score (nSPS) is 16.5. The van der Waals surface area contributed by atoms with Crippen LogP contribution in [0, 0.1) is 13.8 Å². The van der Waals surface area contributed by atoms with Crippen LogP contribution in [0.4, 0.5) is 11.4 Å². The van der Waals surface area contributed by atoms with Crippen molar-refractivity contribution in [2.75, 3.05) is 10.6 Å². The molecule has 3 aromatic rings. The van der Waals surface area contributed by atoms with E-state index in [4.69, 9.17) is 0 Å². The molecule has 144 valence electrons. The average molecular weight is 371 g/mol. The maximum atomic E-state index is 3.85. The number of hydrogen-bond donors (Lipinski definition) is 2. The molecule has 1 aliphatic rings. The Kier molecular flexibility index (Phi) is 5.38. The Morgan fingerprint density at radius 3 is 1.57 bits per heavy atom. The number of benzene rings is 3. The summed E-state index contributed by atoms with van der Waals surface area (Å²) in [6, 6.07) is 28.5. The van der Waals surface area contributed by atoms with Crippen LogP contribution in [0.2, 0.25) is 0 Å². The topological polar surface area (TPSA) is 24.1 Å². The van der Waals surface area contributed by atoms with Crippen molar-refractivity contribution in [3.8, 4) is 0 Å². The Balaban J connectivity index is 1.55. The van der Waals surface area contributed by atoms with E-state index in [9.17, 15) is 0 Å². The molecule has 1 saturated carbocycles. The fourth-order valence-corrected chi connectivity index (χ4v) is 4.28. The van der Waals surface area contributed by atoms with Gasteiger partial charge in [-0.3, -0.25) is 0 Å². The van der Waals surface area contributed by atoms with Crippen molar-refractivity contribution in [1.29, 1.82) is 0 Å². The number of nitrogens with one attached hydrogen (secondary N) is 2. The first-order valence-electron chi connectivity index (χ1n) is 10.4. The highest BCUT2D eigenvalue weighted by molar-refractivity contribution is 5.53. The first-order chi connectivity index (χ1) is 13.6. The molecule has 2 nitrogen and oxygen atoms in total. The van der Waals surface area contributed by atoms with Crippen molar-refractivity contribution >= 4 is 11.4 Å². The molecule has 0 amide bonds. The molecule has 2 heteroatoms. The van der Waals surface area contributed by atoms with E-state index < -0.39 is 0 Å². The Hall–Kier alpha value is -2.74. The predicted octanol–water partition coefficient (Wildman–Crippen LogP) is 6.88. The minimum absolute atomic E-state index is 0.115. The van der Waals surface area contributed by atoms with Gasteiger partial charge < -0.3 is 10.6 Å². The number of anilines is 2. The minimum Gasteiger partial charge on any atom is -0.363 e. The number of rotatable bonds is 5. The van der Waals surface area contributed by atoms with Crippen LogP contribution in [0.1, 0.15) is 48.3 Å². The first-order valence-corrected chi connectivity index (χ1v) is 10.4. The molecule has 3 aromatic carbocycles. The molecular weight excluding hydrogens is 340 g/mol. The van der Waals surface area contributed by atoms with Gasteiger partial charge in [-0.15, -0.1) is 0 Å². The third-order valence-electron chi connectivity index (χ3n) is 5.98. The Bertz CT molecular complexity index is 824. The number of hydrogen-bond acceptors (Lipinski definition) is 2. The first kappa shape index (κ1) is 18.6. The van der Waals surface area contributed by atoms with Gasteiger partial charge in [0.15, 0.2) is 0 Å². The fraction of sp³-hybridized carbons (Fsp3) is 0.308. The molecule has 0 bridgehead atoms. The van der Waals surface area contributed by atoms with Gasteiger partial charge in [-0.25, -0.2) is 0 Å². The predicted molar refractivity (Wildman–Crippen MR) is 120 cm³/mol. The zero-order valence-electron chi connectivity index (χ0n) is 16.9. The third-order valence-corrected chi connectivity index (χ3v) is 5.98. The van der Waals surface area contributed by atoms with E-state index in [0.717, 1.165) is 12.8 Å². The van der Waals surface area contributed by atoms with Crippen LogP contribution in [-0.2, 0) is 0 Å². The van der Waals surface area contributed by atoms with Crippen LogP contribution < -0.4 is 10.6 Å². The molecule has 4 rings (SSSR count). The molecule has 0 radical (unpaired) electrons. The summed E-state index contributed by atoms with van der Waals surface area (Å²) in [5, 5.41) is 7.69. The summed E-state index contributed by atoms with van der Waals surface area (Å²) in [5.41, 5.74) is 6.31. The van der Waals surface area contributed by atoms with E-state index in [1.165, 1.54) is 40.9 Å². The zero-order chi connectivity index (χ0) is 19.4. The molecule has 2 N–H and O–H groups in total. The van der Waals surface area contributed by atoms with Gasteiger partial charge in [-0.1, -0.05) is 65.7 Å². The lowest BCUT2D eigenvalue weighted by Crippen LogP contribution is -2.48. The molecule has 0 spiro atoms. The second kappa shape index (κ2) is 8.10. The maximum absolute atomic E-state index is 3.85. The van der Waals surface area contributed by atoms with Crippen molar-refractivity contribution in [3.63, 3.8) is 0 Å². The van der Waals surface area contributed by atoms with Crippen molar-refractivity contribution < 1.29 is 0 Å². The molecule has 28 heavy (non-hydrogen) atoms. The van der Waals surface area contributed by atoms with E-state index in [2.05, 4.69) is 103 Å². The highest BCUT2D eigenvalue weighted by atomic mass is 15.2. The molecule has 1 aliphatic carbocycles. The largest absolute Gasteiger partial charge is 0.363 e. The van der Waals surface area contributed by atoms with Crippen molar-refractivity contribution in [1.82, 2.24) is 0 Å². The Morgan fingerprint density at radius 1 is 0.643 bits per heavy atom. The summed E-state index contributed by atoms with van der Waals surface area (Å²) in [5.74, 6) is 0.647. The van der Waals surface area contributed by atoms with E-state index in [-0.39, 0.29) is 5.66 Å². The summed E-state index contributed by atoms with van der Waals surface area (Å²) in [6.45, 7) is 4.27. The van der Waals surface area contributed by atoms with Crippen molar-refractivity contribution in [2.45, 2.75) is 51.1 Å². The van der Waals surface area contributed by atoms with Gasteiger partial charge in [0.25, 0.3) is 0 Å². The summed E-state index contributed by atoms with van der Waals surface area (Å²) in [7, 11) is 0. The molecule has 0 heterocycles. The standard InChI is InChI=1S/C26H30N2/c1-20-8-12-24(13-9-20)27-26(28-25-14-10-21(2)11-15-25)18-16-23(17-19-26)22-6-4-3-5-7-22/h3-15,23,27-28H,16-19H2,1-2H3. The van der Waals surface area contributed by atoms with Crippen LogP contribution in [0.25, 0.3) is 0 Å². The van der Waals surface area contributed by atoms with Crippen molar-refractivity contribution in [2.24, 2.45) is 0 Å². The summed E-state index contributed by atoms with van der Waals surface area (Å²) in [6.07, 6.45) is 4.55. The second-order valence-electron chi connectivity index (χ2n) is 8.25. The van der Waals surface area contributed by atoms with E-state index >= 15 is 0 Å². The SMILES string of the molecule is Cc1ccc(NC2(Nc3ccc(C)cc3)CCC(c3ccccc3)CC2)cc1. The minimum atomic E-state index is -0.115. The molecule has 0 saturated heterocycles. The maximum Gasteiger partial charge on any atom is 0.108 e. The summed E-state index contributed by atoms with van der Waals surface area (Å²) >= 11 is 0. The smallest absolute Gasteiger partial charge is 0.108 e. The van der Waals surface area contributed by atoms with Crippen molar-refractivity contribution in [3.05, 3.63) is 95.6 Å². The van der Waals surface area contributed by atoms with Crippen LogP contribution >= 0.6 is 0 Å². The molecular formula is C26H30N2. The monoisotopic (exact) mass is 370 g/mol. The quantitative estimate of drug-likeness (QED) is 0.478. The van der Waals surface area contributed by atoms with Gasteiger partial charge in [-0.2, -0.15) is 0 Å². The second-order valence-corrected chi connectivity index (χ2v) is 8.25. The Labute approximate surface area is 169 Å². The van der Waals surface area contributed by atoms with Crippen LogP contribution in [0.3, 0.4) is 0 Å². The van der Waals surface area contributed by atoms with Crippen LogP contribution in [0.5, 0.6) is 0 Å². The lowest BCUT2D eigenvalue weighted by molar-refractivity contribution is 0.327. The number of aryl methyl sites for hydroxylation is 2. The summed E-state index contributed by atoms with van der Waals surface area (Å²) in [4.78, 5) is 0. The average Bonchev–Trinajstić information content (AvgIpc) is 2.73. The Morgan fingerprint density at radius 2 is 1.11 bits per heavy atom. The molecule has 0 aromatic heterocycles. The lowest BCUT2D eigenvalue weighted by Gasteiger charge is -2.43. The highest BCUT2D eigenvalue weighted by Crippen LogP contribution is 2.40. The molecule has 0 unspecified atom stereocenters. The van der Waals surface area contributed by atoms with Crippen LogP contribution in [-0.4, -0.2) is 5.66 Å². The summed E-state index contributed by atoms with van der Waals surface area (Å²) < 4.78 is 0. The van der Waals surface area contributed by atoms with E-state index in [1.807, 2.05) is 0 Å². The lowest BCUT2D eigenvalue weighted by atomic mass is 9.78. The fourth-order valence-electron chi connectivity index (χ4n) is 4.28. The van der Waals surface area contributed by atoms with Gasteiger partial charge in [0.05, 0.1) is 0 Å². The molecule has 1 fully saturated rings. The van der Waals surface area contributed by atoms with Gasteiger partial charge in [0.2, 0.25) is 0 Å². The molecule has 0 atom stereocenters.